The summed E-state index contributed by atoms with van der Waals surface area (Å²) in [5.74, 6) is -0.892. The lowest BCUT2D eigenvalue weighted by Gasteiger charge is -2.29. The first-order valence-electron chi connectivity index (χ1n) is 10.4. The first kappa shape index (κ1) is 22.6. The first-order chi connectivity index (χ1) is 15.4. The molecular weight excluding hydrogens is 452 g/mol. The molecule has 32 heavy (non-hydrogen) atoms. The van der Waals surface area contributed by atoms with Gasteiger partial charge in [0.25, 0.3) is 5.91 Å². The zero-order valence-electron chi connectivity index (χ0n) is 17.2. The number of benzene rings is 3. The van der Waals surface area contributed by atoms with E-state index < -0.39 is 11.9 Å². The quantitative estimate of drug-likeness (QED) is 0.501. The standard InChI is InChI=1S/C25H22Cl2FNO3/c26-18-8-5-16(6-9-18)24(20-3-1-2-4-21(20)27)32-23-10-7-17(15-22(23)28)25(31)29-13-11-19(30)12-14-29/h1-10,15,19,24,30H,11-14H2. The molecule has 3 aromatic rings. The van der Waals surface area contributed by atoms with Crippen molar-refractivity contribution in [3.05, 3.63) is 99.3 Å². The summed E-state index contributed by atoms with van der Waals surface area (Å²) in [7, 11) is 0. The number of aliphatic hydroxyl groups excluding tert-OH is 1. The molecule has 1 amide bonds. The summed E-state index contributed by atoms with van der Waals surface area (Å²) in [6, 6.07) is 18.5. The highest BCUT2D eigenvalue weighted by atomic mass is 35.5. The van der Waals surface area contributed by atoms with Gasteiger partial charge in [0, 0.05) is 34.3 Å². The third kappa shape index (κ3) is 5.07. The smallest absolute Gasteiger partial charge is 0.253 e. The predicted molar refractivity (Wildman–Crippen MR) is 123 cm³/mol. The van der Waals surface area contributed by atoms with Crippen LogP contribution in [0.5, 0.6) is 5.75 Å². The molecule has 1 unspecified atom stereocenters. The van der Waals surface area contributed by atoms with Gasteiger partial charge < -0.3 is 14.7 Å². The Morgan fingerprint density at radius 1 is 1.03 bits per heavy atom. The average Bonchev–Trinajstić information content (AvgIpc) is 2.80. The van der Waals surface area contributed by atoms with Crippen molar-refractivity contribution < 1.29 is 19.0 Å². The van der Waals surface area contributed by atoms with E-state index in [0.717, 1.165) is 5.56 Å². The highest BCUT2D eigenvalue weighted by Gasteiger charge is 2.24. The van der Waals surface area contributed by atoms with Crippen molar-refractivity contribution in [1.29, 1.82) is 0 Å². The van der Waals surface area contributed by atoms with Crippen molar-refractivity contribution in [2.24, 2.45) is 0 Å². The first-order valence-corrected chi connectivity index (χ1v) is 11.1. The molecule has 4 nitrogen and oxygen atoms in total. The molecule has 0 aliphatic carbocycles. The maximum Gasteiger partial charge on any atom is 0.253 e. The highest BCUT2D eigenvalue weighted by molar-refractivity contribution is 6.31. The van der Waals surface area contributed by atoms with Crippen molar-refractivity contribution in [2.45, 2.75) is 25.0 Å². The number of amides is 1. The molecule has 0 bridgehead atoms. The van der Waals surface area contributed by atoms with Gasteiger partial charge >= 0.3 is 0 Å². The van der Waals surface area contributed by atoms with E-state index in [1.165, 1.54) is 12.1 Å². The summed E-state index contributed by atoms with van der Waals surface area (Å²) in [5.41, 5.74) is 1.68. The van der Waals surface area contributed by atoms with Crippen LogP contribution >= 0.6 is 23.2 Å². The van der Waals surface area contributed by atoms with Gasteiger partial charge in [-0.05, 0) is 54.8 Å². The number of piperidine rings is 1. The Hall–Kier alpha value is -2.60. The molecule has 1 heterocycles. The van der Waals surface area contributed by atoms with Crippen molar-refractivity contribution in [2.75, 3.05) is 13.1 Å². The van der Waals surface area contributed by atoms with Crippen molar-refractivity contribution in [3.8, 4) is 5.75 Å². The van der Waals surface area contributed by atoms with Crippen molar-refractivity contribution in [1.82, 2.24) is 4.90 Å². The number of hydrogen-bond donors (Lipinski definition) is 1. The predicted octanol–water partition coefficient (Wildman–Crippen LogP) is 5.90. The van der Waals surface area contributed by atoms with E-state index in [2.05, 4.69) is 0 Å². The van der Waals surface area contributed by atoms with Crippen LogP contribution < -0.4 is 4.74 Å². The van der Waals surface area contributed by atoms with Gasteiger partial charge in [-0.15, -0.1) is 0 Å². The van der Waals surface area contributed by atoms with Crippen LogP contribution in [0.25, 0.3) is 0 Å². The fourth-order valence-electron chi connectivity index (χ4n) is 3.74. The molecule has 1 atom stereocenters. The number of carbonyl (C=O) groups excluding carboxylic acids is 1. The molecule has 1 fully saturated rings. The molecule has 1 N–H and O–H groups in total. The van der Waals surface area contributed by atoms with Crippen LogP contribution in [0, 0.1) is 5.82 Å². The van der Waals surface area contributed by atoms with E-state index in [0.29, 0.717) is 41.5 Å². The number of carbonyl (C=O) groups is 1. The van der Waals surface area contributed by atoms with Crippen molar-refractivity contribution >= 4 is 29.1 Å². The van der Waals surface area contributed by atoms with Crippen LogP contribution in [0.1, 0.15) is 40.4 Å². The van der Waals surface area contributed by atoms with Gasteiger partial charge in [0.05, 0.1) is 6.10 Å². The van der Waals surface area contributed by atoms with E-state index in [4.69, 9.17) is 27.9 Å². The average molecular weight is 474 g/mol. The van der Waals surface area contributed by atoms with Gasteiger partial charge in [0.2, 0.25) is 0 Å². The Labute approximate surface area is 196 Å². The summed E-state index contributed by atoms with van der Waals surface area (Å²) in [6.07, 6.45) is -0.00625. The lowest BCUT2D eigenvalue weighted by Crippen LogP contribution is -2.40. The lowest BCUT2D eigenvalue weighted by molar-refractivity contribution is 0.0546. The number of aliphatic hydroxyl groups is 1. The summed E-state index contributed by atoms with van der Waals surface area (Å²) < 4.78 is 21.1. The third-order valence-corrected chi connectivity index (χ3v) is 6.13. The normalized spacial score (nSPS) is 15.4. The van der Waals surface area contributed by atoms with Gasteiger partial charge in [0.15, 0.2) is 17.7 Å². The Morgan fingerprint density at radius 3 is 2.38 bits per heavy atom. The largest absolute Gasteiger partial charge is 0.478 e. The molecule has 0 spiro atoms. The van der Waals surface area contributed by atoms with Crippen LogP contribution in [-0.2, 0) is 0 Å². The number of nitrogens with zero attached hydrogens (tertiary/aromatic N) is 1. The molecule has 166 valence electrons. The van der Waals surface area contributed by atoms with Gasteiger partial charge in [-0.2, -0.15) is 0 Å². The zero-order valence-corrected chi connectivity index (χ0v) is 18.7. The van der Waals surface area contributed by atoms with Gasteiger partial charge in [-0.1, -0.05) is 53.5 Å². The summed E-state index contributed by atoms with van der Waals surface area (Å²) in [5, 5.41) is 10.7. The van der Waals surface area contributed by atoms with Crippen LogP contribution in [0.4, 0.5) is 4.39 Å². The van der Waals surface area contributed by atoms with E-state index in [1.54, 1.807) is 41.3 Å². The molecule has 3 aromatic carbocycles. The lowest BCUT2D eigenvalue weighted by atomic mass is 10.0. The summed E-state index contributed by atoms with van der Waals surface area (Å²) >= 11 is 12.4. The third-order valence-electron chi connectivity index (χ3n) is 5.54. The van der Waals surface area contributed by atoms with Gasteiger partial charge in [-0.25, -0.2) is 4.39 Å². The van der Waals surface area contributed by atoms with Crippen LogP contribution in [0.15, 0.2) is 66.7 Å². The minimum atomic E-state index is -0.666. The van der Waals surface area contributed by atoms with E-state index in [9.17, 15) is 9.90 Å². The van der Waals surface area contributed by atoms with E-state index in [-0.39, 0.29) is 23.3 Å². The molecule has 1 saturated heterocycles. The van der Waals surface area contributed by atoms with Crippen LogP contribution in [-0.4, -0.2) is 35.1 Å². The summed E-state index contributed by atoms with van der Waals surface area (Å²) in [6.45, 7) is 0.899. The molecule has 4 rings (SSSR count). The molecule has 0 saturated carbocycles. The summed E-state index contributed by atoms with van der Waals surface area (Å²) in [4.78, 5) is 14.3. The Balaban J connectivity index is 1.60. The molecule has 0 aromatic heterocycles. The Morgan fingerprint density at radius 2 is 1.72 bits per heavy atom. The van der Waals surface area contributed by atoms with E-state index in [1.807, 2.05) is 18.2 Å². The SMILES string of the molecule is O=C(c1ccc(OC(c2ccc(Cl)cc2)c2ccccc2Cl)c(F)c1)N1CCC(O)CC1. The van der Waals surface area contributed by atoms with E-state index >= 15 is 4.39 Å². The number of halogens is 3. The number of rotatable bonds is 5. The minimum Gasteiger partial charge on any atom is -0.478 e. The topological polar surface area (TPSA) is 49.8 Å². The molecule has 7 heteroatoms. The molecular formula is C25H22Cl2FNO3. The highest BCUT2D eigenvalue weighted by Crippen LogP contribution is 2.34. The minimum absolute atomic E-state index is 0.00971. The molecule has 1 aliphatic heterocycles. The number of likely N-dealkylation sites (tertiary alicyclic amines) is 1. The second kappa shape index (κ2) is 9.90. The Kier molecular flexibility index (Phi) is 6.99. The van der Waals surface area contributed by atoms with Crippen LogP contribution in [0.3, 0.4) is 0 Å². The maximum atomic E-state index is 15.0. The fraction of sp³-hybridized carbons (Fsp3) is 0.240. The number of hydrogen-bond acceptors (Lipinski definition) is 3. The monoisotopic (exact) mass is 473 g/mol. The Bertz CT molecular complexity index is 1100. The molecule has 0 radical (unpaired) electrons. The fourth-order valence-corrected chi connectivity index (χ4v) is 4.11. The van der Waals surface area contributed by atoms with Gasteiger partial charge in [0.1, 0.15) is 0 Å². The molecule has 1 aliphatic rings. The zero-order chi connectivity index (χ0) is 22.7. The maximum absolute atomic E-state index is 15.0. The van der Waals surface area contributed by atoms with Gasteiger partial charge in [-0.3, -0.25) is 4.79 Å². The van der Waals surface area contributed by atoms with Crippen LogP contribution in [0.2, 0.25) is 10.0 Å². The second-order valence-electron chi connectivity index (χ2n) is 7.74. The number of ether oxygens (including phenoxy) is 1. The second-order valence-corrected chi connectivity index (χ2v) is 8.58. The van der Waals surface area contributed by atoms with Crippen molar-refractivity contribution in [3.63, 3.8) is 0 Å².